The van der Waals surface area contributed by atoms with Gasteiger partial charge in [0.15, 0.2) is 11.5 Å². The summed E-state index contributed by atoms with van der Waals surface area (Å²) in [5, 5.41) is 2.80. The van der Waals surface area contributed by atoms with E-state index < -0.39 is 0 Å². The molecule has 1 aliphatic rings. The molecule has 1 N–H and O–H groups in total. The lowest BCUT2D eigenvalue weighted by atomic mass is 10.2. The molecule has 0 aliphatic carbocycles. The van der Waals surface area contributed by atoms with E-state index in [1.54, 1.807) is 18.2 Å². The largest absolute Gasteiger partial charge is 0.486 e. The van der Waals surface area contributed by atoms with Gasteiger partial charge in [0.1, 0.15) is 18.9 Å². The number of anilines is 1. The number of carbonyl (C=O) groups is 1. The van der Waals surface area contributed by atoms with E-state index >= 15 is 0 Å². The molecule has 4 rings (SSSR count). The van der Waals surface area contributed by atoms with Gasteiger partial charge in [-0.3, -0.25) is 9.78 Å². The number of benzene rings is 2. The molecule has 0 bridgehead atoms. The molecule has 0 radical (unpaired) electrons. The van der Waals surface area contributed by atoms with Crippen LogP contribution in [-0.4, -0.2) is 29.1 Å². The number of nitrogens with zero attached hydrogens (tertiary/aromatic N) is 2. The van der Waals surface area contributed by atoms with Crippen molar-refractivity contribution in [3.63, 3.8) is 0 Å². The van der Waals surface area contributed by atoms with Gasteiger partial charge in [-0.15, -0.1) is 0 Å². The predicted octanol–water partition coefficient (Wildman–Crippen LogP) is 2.65. The second kappa shape index (κ2) is 5.57. The van der Waals surface area contributed by atoms with Gasteiger partial charge in [0.2, 0.25) is 0 Å². The number of hydrogen-bond acceptors (Lipinski definition) is 5. The van der Waals surface area contributed by atoms with Crippen molar-refractivity contribution in [2.45, 2.75) is 0 Å². The number of para-hydroxylation sites is 2. The maximum Gasteiger partial charge on any atom is 0.275 e. The fourth-order valence-corrected chi connectivity index (χ4v) is 2.38. The van der Waals surface area contributed by atoms with Gasteiger partial charge in [0.05, 0.1) is 17.2 Å². The number of nitrogens with one attached hydrogen (secondary N) is 1. The summed E-state index contributed by atoms with van der Waals surface area (Å²) in [5.41, 5.74) is 2.32. The van der Waals surface area contributed by atoms with Crippen molar-refractivity contribution in [2.75, 3.05) is 18.5 Å². The summed E-state index contributed by atoms with van der Waals surface area (Å²) in [6, 6.07) is 12.7. The van der Waals surface area contributed by atoms with E-state index in [0.29, 0.717) is 35.9 Å². The molecule has 1 amide bonds. The normalized spacial score (nSPS) is 12.9. The Morgan fingerprint density at radius 3 is 2.65 bits per heavy atom. The molecule has 6 nitrogen and oxygen atoms in total. The van der Waals surface area contributed by atoms with Gasteiger partial charge in [0.25, 0.3) is 5.91 Å². The first-order valence-corrected chi connectivity index (χ1v) is 7.22. The van der Waals surface area contributed by atoms with Crippen molar-refractivity contribution >= 4 is 22.6 Å². The molecule has 0 atom stereocenters. The fraction of sp³-hybridized carbons (Fsp3) is 0.118. The van der Waals surface area contributed by atoms with Crippen molar-refractivity contribution in [1.29, 1.82) is 0 Å². The van der Waals surface area contributed by atoms with Gasteiger partial charge in [0, 0.05) is 11.8 Å². The third-order valence-electron chi connectivity index (χ3n) is 3.48. The molecule has 0 spiro atoms. The van der Waals surface area contributed by atoms with Gasteiger partial charge in [-0.05, 0) is 24.3 Å². The molecule has 23 heavy (non-hydrogen) atoms. The number of fused-ring (bicyclic) bond motifs is 2. The lowest BCUT2D eigenvalue weighted by molar-refractivity contribution is 0.102. The number of carbonyl (C=O) groups excluding carboxylic acids is 1. The molecular formula is C17H13N3O3. The van der Waals surface area contributed by atoms with E-state index in [4.69, 9.17) is 9.47 Å². The van der Waals surface area contributed by atoms with Crippen molar-refractivity contribution in [3.05, 3.63) is 54.4 Å². The fourth-order valence-electron chi connectivity index (χ4n) is 2.38. The Labute approximate surface area is 132 Å². The summed E-state index contributed by atoms with van der Waals surface area (Å²) >= 11 is 0. The first-order valence-electron chi connectivity index (χ1n) is 7.22. The maximum absolute atomic E-state index is 12.3. The Morgan fingerprint density at radius 1 is 1.00 bits per heavy atom. The van der Waals surface area contributed by atoms with Crippen LogP contribution in [0.5, 0.6) is 11.5 Å². The highest BCUT2D eigenvalue weighted by Crippen LogP contribution is 2.32. The van der Waals surface area contributed by atoms with Crippen LogP contribution in [0.25, 0.3) is 11.0 Å². The highest BCUT2D eigenvalue weighted by Gasteiger charge is 2.14. The average molecular weight is 307 g/mol. The number of hydrogen-bond donors (Lipinski definition) is 1. The van der Waals surface area contributed by atoms with Crippen molar-refractivity contribution in [2.24, 2.45) is 0 Å². The minimum Gasteiger partial charge on any atom is -0.486 e. The molecular weight excluding hydrogens is 294 g/mol. The van der Waals surface area contributed by atoms with E-state index in [2.05, 4.69) is 15.3 Å². The standard InChI is InChI=1S/C17H13N3O3/c21-17(14-10-18-12-3-1-2-4-13(12)20-14)19-11-5-6-15-16(9-11)23-8-7-22-15/h1-6,9-10H,7-8H2,(H,19,21). The Balaban J connectivity index is 1.59. The minimum atomic E-state index is -0.320. The molecule has 3 aromatic rings. The van der Waals surface area contributed by atoms with Crippen LogP contribution in [0.3, 0.4) is 0 Å². The summed E-state index contributed by atoms with van der Waals surface area (Å²) in [4.78, 5) is 20.9. The molecule has 0 saturated carbocycles. The van der Waals surface area contributed by atoms with Gasteiger partial charge in [-0.25, -0.2) is 4.98 Å². The SMILES string of the molecule is O=C(Nc1ccc2c(c1)OCCO2)c1cnc2ccccc2n1. The molecule has 6 heteroatoms. The van der Waals surface area contributed by atoms with Gasteiger partial charge in [-0.1, -0.05) is 12.1 Å². The monoisotopic (exact) mass is 307 g/mol. The Bertz CT molecular complexity index is 895. The number of rotatable bonds is 2. The predicted molar refractivity (Wildman–Crippen MR) is 84.9 cm³/mol. The highest BCUT2D eigenvalue weighted by atomic mass is 16.6. The number of amides is 1. The zero-order valence-corrected chi connectivity index (χ0v) is 12.2. The Hall–Kier alpha value is -3.15. The lowest BCUT2D eigenvalue weighted by Gasteiger charge is -2.18. The van der Waals surface area contributed by atoms with Crippen molar-refractivity contribution in [3.8, 4) is 11.5 Å². The maximum atomic E-state index is 12.3. The van der Waals surface area contributed by atoms with Gasteiger partial charge < -0.3 is 14.8 Å². The van der Waals surface area contributed by atoms with E-state index in [-0.39, 0.29) is 11.6 Å². The summed E-state index contributed by atoms with van der Waals surface area (Å²) in [6.07, 6.45) is 1.47. The van der Waals surface area contributed by atoms with Crippen molar-refractivity contribution in [1.82, 2.24) is 9.97 Å². The second-order valence-corrected chi connectivity index (χ2v) is 5.06. The highest BCUT2D eigenvalue weighted by molar-refractivity contribution is 6.03. The molecule has 0 unspecified atom stereocenters. The second-order valence-electron chi connectivity index (χ2n) is 5.06. The zero-order valence-electron chi connectivity index (χ0n) is 12.2. The molecule has 1 aromatic heterocycles. The van der Waals surface area contributed by atoms with Crippen LogP contribution >= 0.6 is 0 Å². The molecule has 0 saturated heterocycles. The van der Waals surface area contributed by atoms with Crippen LogP contribution in [0.4, 0.5) is 5.69 Å². The van der Waals surface area contributed by atoms with E-state index in [1.165, 1.54) is 6.20 Å². The molecule has 1 aliphatic heterocycles. The smallest absolute Gasteiger partial charge is 0.275 e. The van der Waals surface area contributed by atoms with E-state index in [1.807, 2.05) is 24.3 Å². The first kappa shape index (κ1) is 13.5. The summed E-state index contributed by atoms with van der Waals surface area (Å²) in [6.45, 7) is 1.03. The first-order chi connectivity index (χ1) is 11.3. The number of ether oxygens (including phenoxy) is 2. The van der Waals surface area contributed by atoms with Crippen molar-refractivity contribution < 1.29 is 14.3 Å². The third-order valence-corrected chi connectivity index (χ3v) is 3.48. The van der Waals surface area contributed by atoms with Gasteiger partial charge >= 0.3 is 0 Å². The quantitative estimate of drug-likeness (QED) is 0.788. The van der Waals surface area contributed by atoms with Crippen LogP contribution < -0.4 is 14.8 Å². The number of aromatic nitrogens is 2. The van der Waals surface area contributed by atoms with Crippen LogP contribution in [0, 0.1) is 0 Å². The third kappa shape index (κ3) is 2.66. The van der Waals surface area contributed by atoms with Crippen LogP contribution in [0.2, 0.25) is 0 Å². The Morgan fingerprint density at radius 2 is 1.78 bits per heavy atom. The van der Waals surface area contributed by atoms with Crippen LogP contribution in [-0.2, 0) is 0 Å². The molecule has 2 aromatic carbocycles. The minimum absolute atomic E-state index is 0.263. The topological polar surface area (TPSA) is 73.3 Å². The van der Waals surface area contributed by atoms with Crippen LogP contribution in [0.1, 0.15) is 10.5 Å². The lowest BCUT2D eigenvalue weighted by Crippen LogP contribution is -2.17. The zero-order chi connectivity index (χ0) is 15.6. The summed E-state index contributed by atoms with van der Waals surface area (Å²) < 4.78 is 11.0. The summed E-state index contributed by atoms with van der Waals surface area (Å²) in [7, 11) is 0. The molecule has 2 heterocycles. The summed E-state index contributed by atoms with van der Waals surface area (Å²) in [5.74, 6) is 0.985. The molecule has 0 fully saturated rings. The van der Waals surface area contributed by atoms with E-state index in [9.17, 15) is 4.79 Å². The Kier molecular flexibility index (Phi) is 3.27. The van der Waals surface area contributed by atoms with E-state index in [0.717, 1.165) is 5.52 Å². The van der Waals surface area contributed by atoms with Gasteiger partial charge in [-0.2, -0.15) is 0 Å². The van der Waals surface area contributed by atoms with Crippen LogP contribution in [0.15, 0.2) is 48.7 Å². The molecule has 114 valence electrons. The average Bonchev–Trinajstić information content (AvgIpc) is 2.61.